The molecule has 0 aliphatic heterocycles. The number of fused-ring (bicyclic) bond motifs is 1. The van der Waals surface area contributed by atoms with Crippen molar-refractivity contribution in [2.75, 3.05) is 0 Å². The van der Waals surface area contributed by atoms with Crippen LogP contribution in [0.4, 0.5) is 0 Å². The van der Waals surface area contributed by atoms with Gasteiger partial charge in [-0.3, -0.25) is 9.35 Å². The maximum atomic E-state index is 10.9. The molecular weight excluding hydrogens is 248 g/mol. The number of benzene rings is 1. The van der Waals surface area contributed by atoms with Crippen LogP contribution in [0.5, 0.6) is 0 Å². The molecule has 0 saturated heterocycles. The Labute approximate surface area is 95.9 Å². The Balaban J connectivity index is 2.52. The summed E-state index contributed by atoms with van der Waals surface area (Å²) in [5, 5.41) is 8.58. The smallest absolute Gasteiger partial charge is 0.311 e. The van der Waals surface area contributed by atoms with E-state index in [2.05, 4.69) is 9.97 Å². The number of carbonyl (C=O) groups is 1. The standard InChI is InChI=1S/C9H8N2O5S/c12-9(13)4-8-10-6-2-1-5(17(14,15)16)3-7(6)11-8/h1-3H,4H2,(H,10,11)(H,12,13)(H,14,15,16). The third-order valence-electron chi connectivity index (χ3n) is 2.12. The molecule has 0 atom stereocenters. The van der Waals surface area contributed by atoms with Crippen molar-refractivity contribution < 1.29 is 22.9 Å². The minimum Gasteiger partial charge on any atom is -0.481 e. The van der Waals surface area contributed by atoms with Crippen LogP contribution in [0.25, 0.3) is 11.0 Å². The SMILES string of the molecule is O=C(O)Cc1nc2ccc(S(=O)(=O)O)cc2[nH]1. The highest BCUT2D eigenvalue weighted by atomic mass is 32.2. The van der Waals surface area contributed by atoms with Crippen LogP contribution in [0.15, 0.2) is 23.1 Å². The summed E-state index contributed by atoms with van der Waals surface area (Å²) in [4.78, 5) is 16.8. The molecule has 0 radical (unpaired) electrons. The van der Waals surface area contributed by atoms with Gasteiger partial charge < -0.3 is 10.1 Å². The number of aliphatic carboxylic acids is 1. The van der Waals surface area contributed by atoms with Gasteiger partial charge in [-0.15, -0.1) is 0 Å². The molecule has 0 amide bonds. The molecule has 0 aliphatic rings. The minimum atomic E-state index is -4.27. The summed E-state index contributed by atoms with van der Waals surface area (Å²) < 4.78 is 30.6. The molecule has 7 nitrogen and oxygen atoms in total. The number of aromatic nitrogens is 2. The predicted octanol–water partition coefficient (Wildman–Crippen LogP) is 0.437. The van der Waals surface area contributed by atoms with E-state index in [1.54, 1.807) is 0 Å². The lowest BCUT2D eigenvalue weighted by molar-refractivity contribution is -0.136. The number of nitrogens with zero attached hydrogens (tertiary/aromatic N) is 1. The molecular formula is C9H8N2O5S. The van der Waals surface area contributed by atoms with Crippen molar-refractivity contribution in [3.05, 3.63) is 24.0 Å². The van der Waals surface area contributed by atoms with E-state index in [4.69, 9.17) is 9.66 Å². The Morgan fingerprint density at radius 1 is 1.41 bits per heavy atom. The Bertz CT molecular complexity index is 688. The number of aromatic amines is 1. The van der Waals surface area contributed by atoms with E-state index in [0.717, 1.165) is 0 Å². The second-order valence-corrected chi connectivity index (χ2v) is 4.83. The van der Waals surface area contributed by atoms with Crippen molar-refractivity contribution in [3.63, 3.8) is 0 Å². The van der Waals surface area contributed by atoms with Crippen LogP contribution in [-0.4, -0.2) is 34.0 Å². The van der Waals surface area contributed by atoms with Gasteiger partial charge in [0.25, 0.3) is 10.1 Å². The van der Waals surface area contributed by atoms with Crippen LogP contribution in [0.2, 0.25) is 0 Å². The van der Waals surface area contributed by atoms with Crippen LogP contribution in [0, 0.1) is 0 Å². The number of hydrogen-bond donors (Lipinski definition) is 3. The van der Waals surface area contributed by atoms with Crippen LogP contribution in [-0.2, 0) is 21.3 Å². The van der Waals surface area contributed by atoms with Gasteiger partial charge in [0.1, 0.15) is 12.2 Å². The largest absolute Gasteiger partial charge is 0.481 e. The molecule has 0 spiro atoms. The number of carboxylic acids is 1. The van der Waals surface area contributed by atoms with E-state index in [1.165, 1.54) is 18.2 Å². The Morgan fingerprint density at radius 3 is 2.71 bits per heavy atom. The quantitative estimate of drug-likeness (QED) is 0.685. The van der Waals surface area contributed by atoms with Crippen LogP contribution < -0.4 is 0 Å². The van der Waals surface area contributed by atoms with Crippen LogP contribution >= 0.6 is 0 Å². The lowest BCUT2D eigenvalue weighted by Crippen LogP contribution is -2.01. The molecule has 17 heavy (non-hydrogen) atoms. The molecule has 0 aliphatic carbocycles. The summed E-state index contributed by atoms with van der Waals surface area (Å²) in [5.41, 5.74) is 0.796. The zero-order valence-electron chi connectivity index (χ0n) is 8.41. The number of rotatable bonds is 3. The molecule has 2 rings (SSSR count). The van der Waals surface area contributed by atoms with Gasteiger partial charge in [-0.25, -0.2) is 4.98 Å². The summed E-state index contributed by atoms with van der Waals surface area (Å²) in [5.74, 6) is -0.820. The van der Waals surface area contributed by atoms with E-state index in [-0.39, 0.29) is 17.1 Å². The fourth-order valence-corrected chi connectivity index (χ4v) is 1.94. The number of H-pyrrole nitrogens is 1. The molecule has 90 valence electrons. The van der Waals surface area contributed by atoms with Gasteiger partial charge >= 0.3 is 5.97 Å². The van der Waals surface area contributed by atoms with Crippen molar-refractivity contribution >= 4 is 27.1 Å². The highest BCUT2D eigenvalue weighted by Crippen LogP contribution is 2.17. The molecule has 0 fully saturated rings. The zero-order valence-corrected chi connectivity index (χ0v) is 9.23. The predicted molar refractivity (Wildman–Crippen MR) is 57.2 cm³/mol. The highest BCUT2D eigenvalue weighted by molar-refractivity contribution is 7.85. The van der Waals surface area contributed by atoms with Gasteiger partial charge in [0, 0.05) is 0 Å². The van der Waals surface area contributed by atoms with Gasteiger partial charge in [0.15, 0.2) is 0 Å². The zero-order chi connectivity index (χ0) is 12.6. The Kier molecular flexibility index (Phi) is 2.60. The fourth-order valence-electron chi connectivity index (χ4n) is 1.43. The molecule has 3 N–H and O–H groups in total. The first-order valence-corrected chi connectivity index (χ1v) is 5.98. The van der Waals surface area contributed by atoms with Crippen LogP contribution in [0.3, 0.4) is 0 Å². The Hall–Kier alpha value is -1.93. The number of carboxylic acid groups (broad SMARTS) is 1. The summed E-state index contributed by atoms with van der Waals surface area (Å²) in [6, 6.07) is 3.78. The van der Waals surface area contributed by atoms with Crippen molar-refractivity contribution in [3.8, 4) is 0 Å². The maximum Gasteiger partial charge on any atom is 0.311 e. The third kappa shape index (κ3) is 2.43. The maximum absolute atomic E-state index is 10.9. The molecule has 1 heterocycles. The van der Waals surface area contributed by atoms with E-state index in [1.807, 2.05) is 0 Å². The van der Waals surface area contributed by atoms with Crippen molar-refractivity contribution in [2.45, 2.75) is 11.3 Å². The lowest BCUT2D eigenvalue weighted by atomic mass is 10.3. The van der Waals surface area contributed by atoms with E-state index in [9.17, 15) is 13.2 Å². The first-order valence-electron chi connectivity index (χ1n) is 4.54. The topological polar surface area (TPSA) is 120 Å². The van der Waals surface area contributed by atoms with Gasteiger partial charge in [-0.2, -0.15) is 8.42 Å². The van der Waals surface area contributed by atoms with Gasteiger partial charge in [-0.05, 0) is 18.2 Å². The number of imidazole rings is 1. The monoisotopic (exact) mass is 256 g/mol. The van der Waals surface area contributed by atoms with Crippen LogP contribution in [0.1, 0.15) is 5.82 Å². The van der Waals surface area contributed by atoms with E-state index < -0.39 is 16.1 Å². The van der Waals surface area contributed by atoms with Crippen molar-refractivity contribution in [2.24, 2.45) is 0 Å². The van der Waals surface area contributed by atoms with E-state index in [0.29, 0.717) is 11.0 Å². The first-order chi connectivity index (χ1) is 7.86. The second-order valence-electron chi connectivity index (χ2n) is 3.41. The molecule has 0 saturated carbocycles. The Morgan fingerprint density at radius 2 is 2.12 bits per heavy atom. The third-order valence-corrected chi connectivity index (χ3v) is 2.97. The normalized spacial score (nSPS) is 11.8. The lowest BCUT2D eigenvalue weighted by Gasteiger charge is -1.95. The molecule has 1 aromatic carbocycles. The average molecular weight is 256 g/mol. The molecule has 1 aromatic heterocycles. The molecule has 2 aromatic rings. The number of nitrogens with one attached hydrogen (secondary N) is 1. The average Bonchev–Trinajstić information content (AvgIpc) is 2.55. The molecule has 8 heteroatoms. The summed E-state index contributed by atoms with van der Waals surface area (Å²) in [6.07, 6.45) is -0.282. The molecule has 0 bridgehead atoms. The first kappa shape index (κ1) is 11.6. The van der Waals surface area contributed by atoms with Crippen molar-refractivity contribution in [1.29, 1.82) is 0 Å². The van der Waals surface area contributed by atoms with Gasteiger partial charge in [0.2, 0.25) is 0 Å². The second kappa shape index (κ2) is 3.82. The van der Waals surface area contributed by atoms with Gasteiger partial charge in [0.05, 0.1) is 15.9 Å². The van der Waals surface area contributed by atoms with E-state index >= 15 is 0 Å². The summed E-state index contributed by atoms with van der Waals surface area (Å²) in [7, 11) is -4.27. The summed E-state index contributed by atoms with van der Waals surface area (Å²) in [6.45, 7) is 0. The van der Waals surface area contributed by atoms with Crippen molar-refractivity contribution in [1.82, 2.24) is 9.97 Å². The highest BCUT2D eigenvalue weighted by Gasteiger charge is 2.12. The van der Waals surface area contributed by atoms with Gasteiger partial charge in [-0.1, -0.05) is 0 Å². The fraction of sp³-hybridized carbons (Fsp3) is 0.111. The summed E-state index contributed by atoms with van der Waals surface area (Å²) >= 11 is 0. The minimum absolute atomic E-state index is 0.222. The molecule has 0 unspecified atom stereocenters. The number of hydrogen-bond acceptors (Lipinski definition) is 4.